The quantitative estimate of drug-likeness (QED) is 0.639. The van der Waals surface area contributed by atoms with Crippen LogP contribution in [0.4, 0.5) is 4.79 Å². The highest BCUT2D eigenvalue weighted by Crippen LogP contribution is 2.39. The molecule has 1 amide bonds. The number of nitrogens with zero attached hydrogens (tertiary/aromatic N) is 2. The summed E-state index contributed by atoms with van der Waals surface area (Å²) in [7, 11) is 1.42. The first-order valence-corrected chi connectivity index (χ1v) is 11.1. The van der Waals surface area contributed by atoms with E-state index in [0.29, 0.717) is 18.1 Å². The molecule has 2 aliphatic rings. The number of benzene rings is 2. The molecule has 2 aromatic carbocycles. The molecule has 2 aliphatic heterocycles. The molecule has 0 aromatic heterocycles. The number of hydrogen-bond acceptors (Lipinski definition) is 7. The summed E-state index contributed by atoms with van der Waals surface area (Å²) in [5, 5.41) is 9.63. The molecule has 0 unspecified atom stereocenters. The number of thioether (sulfide) groups is 1. The first-order valence-electron chi connectivity index (χ1n) is 10.2. The number of hydrogen-bond donors (Lipinski definition) is 1. The number of amidine groups is 1. The molecule has 0 radical (unpaired) electrons. The average molecular weight is 457 g/mol. The summed E-state index contributed by atoms with van der Waals surface area (Å²) < 4.78 is 18.3. The van der Waals surface area contributed by atoms with Crippen LogP contribution in [0.15, 0.2) is 65.7 Å². The Labute approximate surface area is 190 Å². The van der Waals surface area contributed by atoms with Crippen molar-refractivity contribution in [3.63, 3.8) is 0 Å². The Hall–Kier alpha value is -2.72. The van der Waals surface area contributed by atoms with E-state index in [0.717, 1.165) is 16.0 Å². The fourth-order valence-electron chi connectivity index (χ4n) is 3.62. The molecule has 0 spiro atoms. The van der Waals surface area contributed by atoms with E-state index in [1.54, 1.807) is 0 Å². The Balaban J connectivity index is 1.58. The molecule has 1 saturated heterocycles. The smallest absolute Gasteiger partial charge is 0.413 e. The van der Waals surface area contributed by atoms with E-state index in [-0.39, 0.29) is 6.61 Å². The van der Waals surface area contributed by atoms with Gasteiger partial charge in [-0.15, -0.1) is 0 Å². The van der Waals surface area contributed by atoms with Crippen LogP contribution in [0.5, 0.6) is 0 Å². The lowest BCUT2D eigenvalue weighted by atomic mass is 9.98. The number of ether oxygens (including phenoxy) is 3. The zero-order chi connectivity index (χ0) is 22.5. The van der Waals surface area contributed by atoms with Gasteiger partial charge in [-0.25, -0.2) is 4.79 Å². The minimum absolute atomic E-state index is 0.278. The third-order valence-electron chi connectivity index (χ3n) is 5.31. The summed E-state index contributed by atoms with van der Waals surface area (Å²) in [4.78, 5) is 28.9. The van der Waals surface area contributed by atoms with Crippen LogP contribution >= 0.6 is 11.8 Å². The maximum absolute atomic E-state index is 11.9. The third-order valence-corrected chi connectivity index (χ3v) is 6.53. The predicted octanol–water partition coefficient (Wildman–Crippen LogP) is 3.16. The van der Waals surface area contributed by atoms with Gasteiger partial charge in [0.15, 0.2) is 11.5 Å². The van der Waals surface area contributed by atoms with Crippen LogP contribution in [0, 0.1) is 0 Å². The van der Waals surface area contributed by atoms with Crippen molar-refractivity contribution < 1.29 is 28.9 Å². The van der Waals surface area contributed by atoms with Crippen LogP contribution in [-0.2, 0) is 32.2 Å². The summed E-state index contributed by atoms with van der Waals surface area (Å²) in [6.07, 6.45) is -2.57. The number of carbonyl (C=O) groups is 2. The van der Waals surface area contributed by atoms with E-state index in [2.05, 4.69) is 4.99 Å². The number of aliphatic imine (C=N–C) groups is 1. The van der Waals surface area contributed by atoms with Gasteiger partial charge in [0, 0.05) is 7.05 Å². The molecule has 1 N–H and O–H groups in total. The molecule has 0 bridgehead atoms. The normalized spacial score (nSPS) is 26.8. The SMILES string of the molecule is CN(C(=O)O)C1=N[C@@H]2[C@@H](OCc3ccccc3)[C@H](OCc3ccccc3)[C@@H](C=O)O[C@@H]2S1. The van der Waals surface area contributed by atoms with Gasteiger partial charge in [-0.1, -0.05) is 72.4 Å². The summed E-state index contributed by atoms with van der Waals surface area (Å²) in [5.41, 5.74) is 1.38. The molecule has 5 atom stereocenters. The fraction of sp³-hybridized carbons (Fsp3) is 0.348. The van der Waals surface area contributed by atoms with Crippen LogP contribution in [0.25, 0.3) is 0 Å². The Morgan fingerprint density at radius 2 is 1.62 bits per heavy atom. The van der Waals surface area contributed by atoms with Crippen molar-refractivity contribution in [3.8, 4) is 0 Å². The zero-order valence-corrected chi connectivity index (χ0v) is 18.3. The van der Waals surface area contributed by atoms with E-state index in [9.17, 15) is 14.7 Å². The Morgan fingerprint density at radius 3 is 2.16 bits per heavy atom. The standard InChI is InChI=1S/C23H24N2O6S/c1-25(23(27)28)22-24-18-20(30-14-16-10-6-3-7-11-16)19(17(12-26)31-21(18)32-22)29-13-15-8-4-2-5-9-15/h2-12,17-21H,13-14H2,1H3,(H,27,28)/t17-,18-,19-,20-,21-/m1/s1. The molecule has 2 aromatic rings. The van der Waals surface area contributed by atoms with E-state index < -0.39 is 35.9 Å². The topological polar surface area (TPSA) is 97.7 Å². The summed E-state index contributed by atoms with van der Waals surface area (Å²) in [6, 6.07) is 18.8. The van der Waals surface area contributed by atoms with E-state index >= 15 is 0 Å². The lowest BCUT2D eigenvalue weighted by molar-refractivity contribution is -0.193. The van der Waals surface area contributed by atoms with Crippen molar-refractivity contribution in [3.05, 3.63) is 71.8 Å². The van der Waals surface area contributed by atoms with Gasteiger partial charge in [0.1, 0.15) is 29.8 Å². The molecule has 8 nitrogen and oxygen atoms in total. The number of rotatable bonds is 7. The van der Waals surface area contributed by atoms with Crippen LogP contribution in [-0.4, -0.2) is 64.4 Å². The molecule has 32 heavy (non-hydrogen) atoms. The molecule has 0 aliphatic carbocycles. The van der Waals surface area contributed by atoms with Gasteiger partial charge in [-0.3, -0.25) is 9.89 Å². The average Bonchev–Trinajstić information content (AvgIpc) is 3.25. The number of carbonyl (C=O) groups excluding carboxylic acids is 1. The van der Waals surface area contributed by atoms with Gasteiger partial charge in [0.05, 0.1) is 13.2 Å². The molecular formula is C23H24N2O6S. The van der Waals surface area contributed by atoms with Gasteiger partial charge in [-0.05, 0) is 11.1 Å². The maximum Gasteiger partial charge on any atom is 0.413 e. The molecule has 9 heteroatoms. The number of aldehydes is 1. The van der Waals surface area contributed by atoms with E-state index in [1.165, 1.54) is 18.8 Å². The second kappa shape index (κ2) is 10.3. The van der Waals surface area contributed by atoms with Crippen LogP contribution < -0.4 is 0 Å². The van der Waals surface area contributed by atoms with E-state index in [1.807, 2.05) is 60.7 Å². The van der Waals surface area contributed by atoms with E-state index in [4.69, 9.17) is 14.2 Å². The second-order valence-electron chi connectivity index (χ2n) is 7.49. The first-order chi connectivity index (χ1) is 15.6. The first kappa shape index (κ1) is 22.5. The Bertz CT molecular complexity index is 957. The van der Waals surface area contributed by atoms with Gasteiger partial charge >= 0.3 is 6.09 Å². The minimum atomic E-state index is -1.12. The highest BCUT2D eigenvalue weighted by molar-refractivity contribution is 8.14. The Morgan fingerprint density at radius 1 is 1.06 bits per heavy atom. The minimum Gasteiger partial charge on any atom is -0.465 e. The van der Waals surface area contributed by atoms with Crippen molar-refractivity contribution in [1.29, 1.82) is 0 Å². The van der Waals surface area contributed by atoms with Crippen molar-refractivity contribution in [1.82, 2.24) is 4.90 Å². The molecular weight excluding hydrogens is 432 g/mol. The summed E-state index contributed by atoms with van der Waals surface area (Å²) in [6.45, 7) is 0.580. The highest BCUT2D eigenvalue weighted by atomic mass is 32.2. The van der Waals surface area contributed by atoms with Gasteiger partial charge in [0.25, 0.3) is 0 Å². The number of amides is 1. The largest absolute Gasteiger partial charge is 0.465 e. The van der Waals surface area contributed by atoms with Crippen molar-refractivity contribution in [2.75, 3.05) is 7.05 Å². The van der Waals surface area contributed by atoms with Crippen molar-refractivity contribution in [2.45, 2.75) is 43.0 Å². The zero-order valence-electron chi connectivity index (χ0n) is 17.4. The van der Waals surface area contributed by atoms with Crippen molar-refractivity contribution >= 4 is 29.3 Å². The van der Waals surface area contributed by atoms with Crippen LogP contribution in [0.1, 0.15) is 11.1 Å². The number of carboxylic acid groups (broad SMARTS) is 1. The van der Waals surface area contributed by atoms with Gasteiger partial charge in [0.2, 0.25) is 0 Å². The lowest BCUT2D eigenvalue weighted by Crippen LogP contribution is -2.57. The fourth-order valence-corrected chi connectivity index (χ4v) is 4.78. The number of fused-ring (bicyclic) bond motifs is 1. The predicted molar refractivity (Wildman–Crippen MR) is 119 cm³/mol. The molecule has 1 fully saturated rings. The second-order valence-corrected chi connectivity index (χ2v) is 8.55. The van der Waals surface area contributed by atoms with Gasteiger partial charge in [-0.2, -0.15) is 0 Å². The molecule has 0 saturated carbocycles. The summed E-state index contributed by atoms with van der Waals surface area (Å²) >= 11 is 1.17. The molecule has 2 heterocycles. The van der Waals surface area contributed by atoms with Crippen LogP contribution in [0.3, 0.4) is 0 Å². The maximum atomic E-state index is 11.9. The monoisotopic (exact) mass is 456 g/mol. The summed E-state index contributed by atoms with van der Waals surface area (Å²) in [5.74, 6) is 0. The van der Waals surface area contributed by atoms with Gasteiger partial charge < -0.3 is 24.1 Å². The Kier molecular flexibility index (Phi) is 7.21. The highest BCUT2D eigenvalue weighted by Gasteiger charge is 2.51. The third kappa shape index (κ3) is 5.02. The molecule has 168 valence electrons. The lowest BCUT2D eigenvalue weighted by Gasteiger charge is -2.40. The van der Waals surface area contributed by atoms with Crippen molar-refractivity contribution in [2.24, 2.45) is 4.99 Å². The molecule has 4 rings (SSSR count). The van der Waals surface area contributed by atoms with Crippen LogP contribution in [0.2, 0.25) is 0 Å².